The van der Waals surface area contributed by atoms with Gasteiger partial charge in [0.25, 0.3) is 0 Å². The smallest absolute Gasteiger partial charge is 0.407 e. The lowest BCUT2D eigenvalue weighted by molar-refractivity contribution is 0.117. The van der Waals surface area contributed by atoms with Gasteiger partial charge in [0.2, 0.25) is 0 Å². The number of rotatable bonds is 0. The highest BCUT2D eigenvalue weighted by Crippen LogP contribution is 2.01. The van der Waals surface area contributed by atoms with E-state index in [1.54, 1.807) is 0 Å². The van der Waals surface area contributed by atoms with Crippen LogP contribution < -0.4 is 5.32 Å². The average Bonchev–Trinajstić information content (AvgIpc) is 1.88. The van der Waals surface area contributed by atoms with Crippen molar-refractivity contribution in [3.8, 4) is 0 Å². The third-order valence-corrected chi connectivity index (χ3v) is 1.75. The number of hydrogen-bond donors (Lipinski definition) is 2. The predicted molar refractivity (Wildman–Crippen MR) is 37.1 cm³/mol. The van der Waals surface area contributed by atoms with Gasteiger partial charge >= 0.3 is 6.09 Å². The number of amides is 1. The Morgan fingerprint density at radius 2 is 2.50 bits per heavy atom. The zero-order valence-electron chi connectivity index (χ0n) is 6.00. The van der Waals surface area contributed by atoms with Crippen LogP contribution in [0.3, 0.4) is 0 Å². The van der Waals surface area contributed by atoms with Gasteiger partial charge in [0.1, 0.15) is 0 Å². The summed E-state index contributed by atoms with van der Waals surface area (Å²) in [4.78, 5) is 11.9. The minimum absolute atomic E-state index is 0.117. The Hall–Kier alpha value is -0.770. The van der Waals surface area contributed by atoms with Crippen molar-refractivity contribution in [1.29, 1.82) is 0 Å². The quantitative estimate of drug-likeness (QED) is 0.501. The van der Waals surface area contributed by atoms with Crippen molar-refractivity contribution < 1.29 is 9.90 Å². The number of nitrogens with one attached hydrogen (secondary N) is 1. The van der Waals surface area contributed by atoms with Crippen molar-refractivity contribution in [1.82, 2.24) is 10.2 Å². The van der Waals surface area contributed by atoms with Crippen LogP contribution in [0.4, 0.5) is 4.79 Å². The molecule has 4 heteroatoms. The van der Waals surface area contributed by atoms with Gasteiger partial charge in [0.15, 0.2) is 0 Å². The first kappa shape index (κ1) is 7.34. The van der Waals surface area contributed by atoms with Crippen LogP contribution in [0.25, 0.3) is 0 Å². The Bertz CT molecular complexity index is 138. The molecule has 0 aromatic carbocycles. The van der Waals surface area contributed by atoms with Gasteiger partial charge in [-0.2, -0.15) is 0 Å². The summed E-state index contributed by atoms with van der Waals surface area (Å²) < 4.78 is 0. The molecule has 1 aliphatic rings. The van der Waals surface area contributed by atoms with Gasteiger partial charge in [0.05, 0.1) is 0 Å². The molecule has 0 aliphatic carbocycles. The van der Waals surface area contributed by atoms with Crippen molar-refractivity contribution >= 4 is 6.09 Å². The third kappa shape index (κ3) is 1.39. The minimum Gasteiger partial charge on any atom is -0.465 e. The second-order valence-electron chi connectivity index (χ2n) is 2.53. The molecule has 0 radical (unpaired) electrons. The Morgan fingerprint density at radius 3 is 2.90 bits per heavy atom. The molecule has 2 N–H and O–H groups in total. The van der Waals surface area contributed by atoms with E-state index in [0.717, 1.165) is 13.1 Å². The summed E-state index contributed by atoms with van der Waals surface area (Å²) >= 11 is 0. The second kappa shape index (κ2) is 2.88. The van der Waals surface area contributed by atoms with Crippen molar-refractivity contribution in [2.75, 3.05) is 19.6 Å². The molecular weight excluding hydrogens is 132 g/mol. The van der Waals surface area contributed by atoms with Crippen molar-refractivity contribution in [3.05, 3.63) is 0 Å². The molecule has 1 rings (SSSR count). The molecule has 0 spiro atoms. The van der Waals surface area contributed by atoms with Crippen LogP contribution >= 0.6 is 0 Å². The zero-order valence-corrected chi connectivity index (χ0v) is 6.00. The summed E-state index contributed by atoms with van der Waals surface area (Å²) in [7, 11) is 0. The van der Waals surface area contributed by atoms with E-state index in [4.69, 9.17) is 5.11 Å². The number of piperazine rings is 1. The molecule has 1 heterocycles. The van der Waals surface area contributed by atoms with Crippen molar-refractivity contribution in [2.45, 2.75) is 13.0 Å². The number of hydrogen-bond acceptors (Lipinski definition) is 2. The summed E-state index contributed by atoms with van der Waals surface area (Å²) in [6.07, 6.45) is -0.811. The molecule has 1 fully saturated rings. The molecule has 0 aromatic rings. The summed E-state index contributed by atoms with van der Waals surface area (Å²) in [6, 6.07) is 0.117. The predicted octanol–water partition coefficient (Wildman–Crippen LogP) is -0.0419. The van der Waals surface area contributed by atoms with E-state index < -0.39 is 6.09 Å². The Kier molecular flexibility index (Phi) is 2.11. The van der Waals surface area contributed by atoms with Crippen LogP contribution in [-0.4, -0.2) is 41.8 Å². The first-order valence-electron chi connectivity index (χ1n) is 3.42. The summed E-state index contributed by atoms with van der Waals surface area (Å²) in [5, 5.41) is 11.7. The van der Waals surface area contributed by atoms with Gasteiger partial charge in [-0.15, -0.1) is 0 Å². The zero-order chi connectivity index (χ0) is 7.56. The standard InChI is InChI=1S/C6H12N2O2/c1-5-4-7-2-3-8(5)6(9)10/h5,7H,2-4H2,1H3,(H,9,10)/t5-/m0/s1. The van der Waals surface area contributed by atoms with Crippen LogP contribution in [0, 0.1) is 0 Å². The molecule has 58 valence electrons. The molecule has 4 nitrogen and oxygen atoms in total. The highest BCUT2D eigenvalue weighted by Gasteiger charge is 2.21. The van der Waals surface area contributed by atoms with Crippen LogP contribution in [0.1, 0.15) is 6.92 Å². The molecule has 0 saturated carbocycles. The molecule has 0 aromatic heterocycles. The van der Waals surface area contributed by atoms with Gasteiger partial charge in [0, 0.05) is 25.7 Å². The number of nitrogens with zero attached hydrogens (tertiary/aromatic N) is 1. The molecule has 0 bridgehead atoms. The van der Waals surface area contributed by atoms with Gasteiger partial charge in [-0.05, 0) is 6.92 Å². The second-order valence-corrected chi connectivity index (χ2v) is 2.53. The van der Waals surface area contributed by atoms with Gasteiger partial charge in [-0.3, -0.25) is 0 Å². The first-order chi connectivity index (χ1) is 4.72. The first-order valence-corrected chi connectivity index (χ1v) is 3.42. The lowest BCUT2D eigenvalue weighted by Gasteiger charge is -2.31. The van der Waals surface area contributed by atoms with E-state index in [1.165, 1.54) is 4.90 Å². The van der Waals surface area contributed by atoms with Crippen LogP contribution in [0.2, 0.25) is 0 Å². The number of carbonyl (C=O) groups is 1. The normalized spacial score (nSPS) is 26.5. The monoisotopic (exact) mass is 144 g/mol. The fraction of sp³-hybridized carbons (Fsp3) is 0.833. The molecule has 1 amide bonds. The van der Waals surface area contributed by atoms with E-state index >= 15 is 0 Å². The fourth-order valence-corrected chi connectivity index (χ4v) is 1.13. The molecule has 1 saturated heterocycles. The highest BCUT2D eigenvalue weighted by molar-refractivity contribution is 5.65. The molecular formula is C6H12N2O2. The maximum Gasteiger partial charge on any atom is 0.407 e. The Balaban J connectivity index is 2.47. The minimum atomic E-state index is -0.811. The SMILES string of the molecule is C[C@H]1CNCCN1C(=O)O. The topological polar surface area (TPSA) is 52.6 Å². The summed E-state index contributed by atoms with van der Waals surface area (Å²) in [6.45, 7) is 4.06. The van der Waals surface area contributed by atoms with Crippen molar-refractivity contribution in [2.24, 2.45) is 0 Å². The molecule has 1 atom stereocenters. The van der Waals surface area contributed by atoms with E-state index in [0.29, 0.717) is 6.54 Å². The summed E-state index contributed by atoms with van der Waals surface area (Å²) in [5.41, 5.74) is 0. The van der Waals surface area contributed by atoms with Gasteiger partial charge in [-0.25, -0.2) is 4.79 Å². The molecule has 10 heavy (non-hydrogen) atoms. The lowest BCUT2D eigenvalue weighted by Crippen LogP contribution is -2.51. The molecule has 1 aliphatic heterocycles. The van der Waals surface area contributed by atoms with Crippen LogP contribution in [0.15, 0.2) is 0 Å². The molecule has 0 unspecified atom stereocenters. The number of carboxylic acid groups (broad SMARTS) is 1. The van der Waals surface area contributed by atoms with E-state index in [1.807, 2.05) is 6.92 Å². The van der Waals surface area contributed by atoms with Gasteiger partial charge in [-0.1, -0.05) is 0 Å². The van der Waals surface area contributed by atoms with Crippen molar-refractivity contribution in [3.63, 3.8) is 0 Å². The summed E-state index contributed by atoms with van der Waals surface area (Å²) in [5.74, 6) is 0. The van der Waals surface area contributed by atoms with E-state index in [-0.39, 0.29) is 6.04 Å². The van der Waals surface area contributed by atoms with Gasteiger partial charge < -0.3 is 15.3 Å². The Morgan fingerprint density at radius 1 is 1.80 bits per heavy atom. The van der Waals surface area contributed by atoms with E-state index in [2.05, 4.69) is 5.32 Å². The maximum atomic E-state index is 10.5. The highest BCUT2D eigenvalue weighted by atomic mass is 16.4. The third-order valence-electron chi connectivity index (χ3n) is 1.75. The largest absolute Gasteiger partial charge is 0.465 e. The van der Waals surface area contributed by atoms with E-state index in [9.17, 15) is 4.79 Å². The average molecular weight is 144 g/mol. The maximum absolute atomic E-state index is 10.5. The fourth-order valence-electron chi connectivity index (χ4n) is 1.13. The van der Waals surface area contributed by atoms with Crippen LogP contribution in [-0.2, 0) is 0 Å². The van der Waals surface area contributed by atoms with Crippen LogP contribution in [0.5, 0.6) is 0 Å². The lowest BCUT2D eigenvalue weighted by atomic mass is 10.2. The Labute approximate surface area is 59.8 Å².